The molecule has 0 aliphatic heterocycles. The third kappa shape index (κ3) is 2.41. The molecule has 92 valence electrons. The third-order valence-electron chi connectivity index (χ3n) is 2.31. The van der Waals surface area contributed by atoms with Crippen LogP contribution in [0, 0.1) is 0 Å². The largest absolute Gasteiger partial charge is 0.407 e. The van der Waals surface area contributed by atoms with E-state index in [0.717, 1.165) is 10.9 Å². The Morgan fingerprint density at radius 2 is 2.33 bits per heavy atom. The monoisotopic (exact) mass is 245 g/mol. The van der Waals surface area contributed by atoms with Crippen LogP contribution in [-0.4, -0.2) is 22.3 Å². The zero-order chi connectivity index (χ0) is 13.0. The van der Waals surface area contributed by atoms with Crippen LogP contribution in [0.4, 0.5) is 0 Å². The highest BCUT2D eigenvalue weighted by Crippen LogP contribution is 2.25. The van der Waals surface area contributed by atoms with Crippen molar-refractivity contribution in [2.24, 2.45) is 5.11 Å². The van der Waals surface area contributed by atoms with Crippen LogP contribution in [0.15, 0.2) is 29.4 Å². The Balaban J connectivity index is 2.42. The molecule has 0 aliphatic carbocycles. The van der Waals surface area contributed by atoms with E-state index >= 15 is 0 Å². The van der Waals surface area contributed by atoms with Crippen LogP contribution < -0.4 is 4.74 Å². The number of hydrogen-bond acceptors (Lipinski definition) is 4. The van der Waals surface area contributed by atoms with Gasteiger partial charge in [0, 0.05) is 18.4 Å². The van der Waals surface area contributed by atoms with Crippen molar-refractivity contribution in [3.05, 3.63) is 34.7 Å². The van der Waals surface area contributed by atoms with Crippen molar-refractivity contribution >= 4 is 16.9 Å². The lowest BCUT2D eigenvalue weighted by Gasteiger charge is -2.04. The maximum absolute atomic E-state index is 11.1. The maximum Gasteiger partial charge on any atom is 0.309 e. The van der Waals surface area contributed by atoms with E-state index in [0.29, 0.717) is 12.4 Å². The van der Waals surface area contributed by atoms with Crippen molar-refractivity contribution in [2.75, 3.05) is 6.54 Å². The summed E-state index contributed by atoms with van der Waals surface area (Å²) >= 11 is 0. The quantitative estimate of drug-likeness (QED) is 0.358. The number of fused-ring (bicyclic) bond motifs is 1. The fraction of sp³-hybridized carbons (Fsp3) is 0.273. The van der Waals surface area contributed by atoms with E-state index in [4.69, 9.17) is 10.3 Å². The van der Waals surface area contributed by atoms with Gasteiger partial charge in [-0.15, -0.1) is 0 Å². The molecule has 1 heterocycles. The van der Waals surface area contributed by atoms with Crippen molar-refractivity contribution in [1.29, 1.82) is 0 Å². The summed E-state index contributed by atoms with van der Waals surface area (Å²) in [6.07, 6.45) is 0. The predicted octanol–water partition coefficient (Wildman–Crippen LogP) is 2.27. The molecule has 7 nitrogen and oxygen atoms in total. The number of nitrogens with zero attached hydrogens (tertiary/aromatic N) is 5. The molecule has 2 aromatic rings. The number of azide groups is 1. The maximum atomic E-state index is 11.1. The summed E-state index contributed by atoms with van der Waals surface area (Å²) in [6, 6.07) is 7.34. The van der Waals surface area contributed by atoms with E-state index in [-0.39, 0.29) is 6.54 Å². The van der Waals surface area contributed by atoms with Crippen molar-refractivity contribution < 1.29 is 9.53 Å². The second kappa shape index (κ2) is 5.20. The van der Waals surface area contributed by atoms with E-state index in [1.54, 1.807) is 0 Å². The summed E-state index contributed by atoms with van der Waals surface area (Å²) in [7, 11) is 0. The summed E-state index contributed by atoms with van der Waals surface area (Å²) in [6.45, 7) is 1.94. The molecule has 7 heteroatoms. The van der Waals surface area contributed by atoms with Crippen molar-refractivity contribution in [3.63, 3.8) is 0 Å². The number of aromatic nitrogens is 2. The predicted molar refractivity (Wildman–Crippen MR) is 65.1 cm³/mol. The van der Waals surface area contributed by atoms with Gasteiger partial charge in [-0.05, 0) is 17.7 Å². The lowest BCUT2D eigenvalue weighted by Crippen LogP contribution is -2.10. The molecule has 0 unspecified atom stereocenters. The van der Waals surface area contributed by atoms with Gasteiger partial charge < -0.3 is 4.74 Å². The van der Waals surface area contributed by atoms with Crippen LogP contribution in [0.1, 0.15) is 6.92 Å². The lowest BCUT2D eigenvalue weighted by atomic mass is 10.2. The number of ether oxygens (including phenoxy) is 1. The Hall–Kier alpha value is -2.53. The highest BCUT2D eigenvalue weighted by Gasteiger charge is 2.13. The topological polar surface area (TPSA) is 92.9 Å². The van der Waals surface area contributed by atoms with Crippen molar-refractivity contribution in [2.45, 2.75) is 13.5 Å². The number of carbonyl (C=O) groups is 1. The molecule has 0 amide bonds. The Morgan fingerprint density at radius 3 is 3.06 bits per heavy atom. The van der Waals surface area contributed by atoms with Gasteiger partial charge in [-0.1, -0.05) is 17.2 Å². The molecule has 1 aromatic heterocycles. The Labute approximate surface area is 103 Å². The zero-order valence-corrected chi connectivity index (χ0v) is 9.78. The minimum absolute atomic E-state index is 0.249. The Morgan fingerprint density at radius 1 is 1.56 bits per heavy atom. The van der Waals surface area contributed by atoms with E-state index < -0.39 is 5.97 Å². The minimum Gasteiger partial charge on any atom is -0.407 e. The SMILES string of the molecule is CC(=O)Oc1c2ccccc2nn1CCN=[N+]=[N-]. The summed E-state index contributed by atoms with van der Waals surface area (Å²) in [5.74, 6) is -0.0306. The fourth-order valence-electron chi connectivity index (χ4n) is 1.64. The van der Waals surface area contributed by atoms with Gasteiger partial charge in [0.05, 0.1) is 17.4 Å². The number of carbonyl (C=O) groups excluding carboxylic acids is 1. The van der Waals surface area contributed by atoms with Crippen LogP contribution in [0.2, 0.25) is 0 Å². The van der Waals surface area contributed by atoms with Crippen LogP contribution in [-0.2, 0) is 11.3 Å². The minimum atomic E-state index is -0.411. The number of rotatable bonds is 4. The first kappa shape index (κ1) is 11.9. The molecular formula is C11H11N5O2. The number of hydrogen-bond donors (Lipinski definition) is 0. The second-order valence-corrected chi connectivity index (χ2v) is 3.59. The summed E-state index contributed by atoms with van der Waals surface area (Å²) in [5, 5.41) is 8.49. The number of esters is 1. The van der Waals surface area contributed by atoms with Gasteiger partial charge in [0.15, 0.2) is 0 Å². The molecular weight excluding hydrogens is 234 g/mol. The Kier molecular flexibility index (Phi) is 3.45. The molecule has 0 radical (unpaired) electrons. The molecule has 0 bridgehead atoms. The van der Waals surface area contributed by atoms with E-state index in [1.807, 2.05) is 24.3 Å². The fourth-order valence-corrected chi connectivity index (χ4v) is 1.64. The van der Waals surface area contributed by atoms with Crippen LogP contribution in [0.5, 0.6) is 5.88 Å². The second-order valence-electron chi connectivity index (χ2n) is 3.59. The molecule has 1 aromatic carbocycles. The molecule has 0 aliphatic rings. The first-order valence-electron chi connectivity index (χ1n) is 5.37. The van der Waals surface area contributed by atoms with Gasteiger partial charge in [-0.3, -0.25) is 4.79 Å². The van der Waals surface area contributed by atoms with Crippen molar-refractivity contribution in [3.8, 4) is 5.88 Å². The molecule has 0 fully saturated rings. The van der Waals surface area contributed by atoms with Crippen LogP contribution in [0.25, 0.3) is 21.3 Å². The zero-order valence-electron chi connectivity index (χ0n) is 9.78. The first-order chi connectivity index (χ1) is 8.72. The molecule has 0 N–H and O–H groups in total. The number of benzene rings is 1. The lowest BCUT2D eigenvalue weighted by molar-refractivity contribution is -0.132. The van der Waals surface area contributed by atoms with Gasteiger partial charge in [0.1, 0.15) is 0 Å². The van der Waals surface area contributed by atoms with Crippen LogP contribution in [0.3, 0.4) is 0 Å². The van der Waals surface area contributed by atoms with Gasteiger partial charge in [0.25, 0.3) is 0 Å². The molecule has 0 atom stereocenters. The van der Waals surface area contributed by atoms with Crippen molar-refractivity contribution in [1.82, 2.24) is 9.78 Å². The standard InChI is InChI=1S/C11H11N5O2/c1-8(17)18-11-9-4-2-3-5-10(9)14-16(11)7-6-13-15-12/h2-5H,6-7H2,1H3. The van der Waals surface area contributed by atoms with Gasteiger partial charge >= 0.3 is 5.97 Å². The molecule has 2 rings (SSSR count). The van der Waals surface area contributed by atoms with Gasteiger partial charge in [0.2, 0.25) is 5.88 Å². The average molecular weight is 245 g/mol. The smallest absolute Gasteiger partial charge is 0.309 e. The highest BCUT2D eigenvalue weighted by molar-refractivity contribution is 5.86. The van der Waals surface area contributed by atoms with E-state index in [1.165, 1.54) is 11.6 Å². The van der Waals surface area contributed by atoms with E-state index in [2.05, 4.69) is 15.1 Å². The molecule has 0 spiro atoms. The highest BCUT2D eigenvalue weighted by atomic mass is 16.5. The normalized spacial score (nSPS) is 10.1. The molecule has 0 saturated heterocycles. The summed E-state index contributed by atoms with van der Waals surface area (Å²) in [5.41, 5.74) is 8.97. The molecule has 0 saturated carbocycles. The van der Waals surface area contributed by atoms with Crippen LogP contribution >= 0.6 is 0 Å². The Bertz CT molecular complexity index is 627. The van der Waals surface area contributed by atoms with Gasteiger partial charge in [-0.2, -0.15) is 5.10 Å². The van der Waals surface area contributed by atoms with E-state index in [9.17, 15) is 4.79 Å². The van der Waals surface area contributed by atoms with Gasteiger partial charge in [-0.25, -0.2) is 4.68 Å². The molecule has 18 heavy (non-hydrogen) atoms. The summed E-state index contributed by atoms with van der Waals surface area (Å²) < 4.78 is 6.68. The third-order valence-corrected chi connectivity index (χ3v) is 2.31. The first-order valence-corrected chi connectivity index (χ1v) is 5.37. The average Bonchev–Trinajstić information content (AvgIpc) is 2.68. The summed E-state index contributed by atoms with van der Waals surface area (Å²) in [4.78, 5) is 13.8.